The Bertz CT molecular complexity index is 832. The normalized spacial score (nSPS) is 9.17. The zero-order valence-electron chi connectivity index (χ0n) is 12.7. The first kappa shape index (κ1) is 15.9. The van der Waals surface area contributed by atoms with Crippen molar-refractivity contribution in [1.82, 2.24) is 4.98 Å². The van der Waals surface area contributed by atoms with Crippen LogP contribution in [0.15, 0.2) is 36.4 Å². The van der Waals surface area contributed by atoms with E-state index in [2.05, 4.69) is 22.9 Å². The van der Waals surface area contributed by atoms with Gasteiger partial charge in [-0.1, -0.05) is 36.3 Å². The van der Waals surface area contributed by atoms with Crippen molar-refractivity contribution in [3.8, 4) is 24.0 Å². The van der Waals surface area contributed by atoms with E-state index in [0.29, 0.717) is 24.5 Å². The minimum Gasteiger partial charge on any atom is -0.383 e. The Morgan fingerprint density at radius 3 is 2.43 bits per heavy atom. The summed E-state index contributed by atoms with van der Waals surface area (Å²) in [7, 11) is 0. The van der Waals surface area contributed by atoms with Crippen LogP contribution in [0.4, 0.5) is 11.6 Å². The molecule has 0 unspecified atom stereocenters. The molecule has 2 rings (SSSR count). The van der Waals surface area contributed by atoms with Crippen LogP contribution in [0, 0.1) is 34.5 Å². The van der Waals surface area contributed by atoms with Gasteiger partial charge in [0.05, 0.1) is 17.7 Å². The second-order valence-corrected chi connectivity index (χ2v) is 4.78. The number of hydrogen-bond donors (Lipinski definition) is 1. The first-order valence-electron chi connectivity index (χ1n) is 6.98. The summed E-state index contributed by atoms with van der Waals surface area (Å²) in [5.74, 6) is 6.38. The monoisotopic (exact) mass is 301 g/mol. The van der Waals surface area contributed by atoms with Crippen molar-refractivity contribution >= 4 is 11.6 Å². The highest BCUT2D eigenvalue weighted by molar-refractivity contribution is 5.63. The zero-order chi connectivity index (χ0) is 16.7. The van der Waals surface area contributed by atoms with E-state index in [1.807, 2.05) is 41.3 Å². The fourth-order valence-electron chi connectivity index (χ4n) is 2.11. The van der Waals surface area contributed by atoms with E-state index in [4.69, 9.17) is 11.0 Å². The Labute approximate surface area is 135 Å². The predicted molar refractivity (Wildman–Crippen MR) is 89.0 cm³/mol. The lowest BCUT2D eigenvalue weighted by Gasteiger charge is -2.23. The van der Waals surface area contributed by atoms with Gasteiger partial charge in [0.25, 0.3) is 0 Å². The number of nitrogens with zero attached hydrogens (tertiary/aromatic N) is 4. The summed E-state index contributed by atoms with van der Waals surface area (Å²) < 4.78 is 0. The molecule has 0 saturated carbocycles. The van der Waals surface area contributed by atoms with Crippen LogP contribution in [-0.2, 0) is 6.54 Å². The van der Waals surface area contributed by atoms with Gasteiger partial charge in [0.15, 0.2) is 0 Å². The molecule has 112 valence electrons. The molecule has 1 aromatic heterocycles. The number of anilines is 2. The van der Waals surface area contributed by atoms with E-state index < -0.39 is 0 Å². The summed E-state index contributed by atoms with van der Waals surface area (Å²) in [5.41, 5.74) is 7.39. The Balaban J connectivity index is 2.46. The zero-order valence-corrected chi connectivity index (χ0v) is 12.7. The molecular formula is C18H15N5. The quantitative estimate of drug-likeness (QED) is 0.876. The third-order valence-electron chi connectivity index (χ3n) is 3.24. The van der Waals surface area contributed by atoms with Crippen molar-refractivity contribution in [2.45, 2.75) is 13.5 Å². The van der Waals surface area contributed by atoms with E-state index in [1.165, 1.54) is 6.07 Å². The molecule has 0 saturated heterocycles. The number of nitrogens with two attached hydrogens (primary N) is 1. The molecule has 1 heterocycles. The van der Waals surface area contributed by atoms with Crippen LogP contribution in [0.5, 0.6) is 0 Å². The summed E-state index contributed by atoms with van der Waals surface area (Å²) >= 11 is 0. The molecule has 5 heteroatoms. The summed E-state index contributed by atoms with van der Waals surface area (Å²) in [6.07, 6.45) is 0. The van der Waals surface area contributed by atoms with Crippen molar-refractivity contribution < 1.29 is 0 Å². The molecule has 0 spiro atoms. The second-order valence-electron chi connectivity index (χ2n) is 4.78. The number of aromatic nitrogens is 1. The van der Waals surface area contributed by atoms with Gasteiger partial charge in [-0.15, -0.1) is 5.92 Å². The molecule has 2 aromatic rings. The van der Waals surface area contributed by atoms with Crippen LogP contribution in [0.1, 0.15) is 23.6 Å². The van der Waals surface area contributed by atoms with Gasteiger partial charge in [-0.2, -0.15) is 10.5 Å². The van der Waals surface area contributed by atoms with Gasteiger partial charge < -0.3 is 10.6 Å². The van der Waals surface area contributed by atoms with Gasteiger partial charge >= 0.3 is 0 Å². The highest BCUT2D eigenvalue weighted by Gasteiger charge is 2.16. The Kier molecular flexibility index (Phi) is 5.18. The van der Waals surface area contributed by atoms with Crippen molar-refractivity contribution in [2.24, 2.45) is 0 Å². The van der Waals surface area contributed by atoms with E-state index in [-0.39, 0.29) is 11.4 Å². The lowest BCUT2D eigenvalue weighted by atomic mass is 10.1. The predicted octanol–water partition coefficient (Wildman–Crippen LogP) is 2.44. The maximum absolute atomic E-state index is 9.37. The van der Waals surface area contributed by atoms with E-state index in [0.717, 1.165) is 5.56 Å². The fourth-order valence-corrected chi connectivity index (χ4v) is 2.11. The van der Waals surface area contributed by atoms with Gasteiger partial charge in [0.1, 0.15) is 23.8 Å². The number of rotatable bonds is 4. The molecule has 0 fully saturated rings. The minimum absolute atomic E-state index is 0.115. The van der Waals surface area contributed by atoms with E-state index in [9.17, 15) is 5.26 Å². The number of benzene rings is 1. The van der Waals surface area contributed by atoms with Crippen molar-refractivity contribution in [1.29, 1.82) is 10.5 Å². The van der Waals surface area contributed by atoms with Crippen LogP contribution < -0.4 is 10.6 Å². The third kappa shape index (κ3) is 3.79. The molecule has 0 amide bonds. The average molecular weight is 301 g/mol. The third-order valence-corrected chi connectivity index (χ3v) is 3.24. The molecule has 5 nitrogen and oxygen atoms in total. The largest absolute Gasteiger partial charge is 0.383 e. The Morgan fingerprint density at radius 1 is 1.13 bits per heavy atom. The summed E-state index contributed by atoms with van der Waals surface area (Å²) in [5, 5.41) is 18.4. The maximum atomic E-state index is 9.37. The SMILES string of the molecule is CC#CCN(Cc1ccccc1)c1nc(N)c(C#N)cc1C#N. The highest BCUT2D eigenvalue weighted by atomic mass is 15.2. The standard InChI is InChI=1S/C18H15N5/c1-2-3-9-23(13-14-7-5-4-6-8-14)18-16(12-20)10-15(11-19)17(21)22-18/h4-8,10H,9,13H2,1H3,(H2,21,22). The maximum Gasteiger partial charge on any atom is 0.150 e. The van der Waals surface area contributed by atoms with Crippen molar-refractivity contribution in [3.63, 3.8) is 0 Å². The van der Waals surface area contributed by atoms with Crippen molar-refractivity contribution in [3.05, 3.63) is 53.1 Å². The van der Waals surface area contributed by atoms with Crippen LogP contribution >= 0.6 is 0 Å². The van der Waals surface area contributed by atoms with Crippen LogP contribution in [0.25, 0.3) is 0 Å². The van der Waals surface area contributed by atoms with Gasteiger partial charge in [-0.3, -0.25) is 0 Å². The first-order valence-corrected chi connectivity index (χ1v) is 6.98. The lowest BCUT2D eigenvalue weighted by molar-refractivity contribution is 0.854. The fraction of sp³-hybridized carbons (Fsp3) is 0.167. The van der Waals surface area contributed by atoms with Crippen LogP contribution in [0.2, 0.25) is 0 Å². The molecule has 0 atom stereocenters. The van der Waals surface area contributed by atoms with Gasteiger partial charge in [-0.25, -0.2) is 4.98 Å². The van der Waals surface area contributed by atoms with Gasteiger partial charge in [0.2, 0.25) is 0 Å². The molecule has 0 radical (unpaired) electrons. The molecule has 1 aromatic carbocycles. The summed E-state index contributed by atoms with van der Waals surface area (Å²) in [6, 6.07) is 15.3. The summed E-state index contributed by atoms with van der Waals surface area (Å²) in [4.78, 5) is 6.13. The summed E-state index contributed by atoms with van der Waals surface area (Å²) in [6.45, 7) is 2.72. The molecule has 0 aliphatic rings. The highest BCUT2D eigenvalue weighted by Crippen LogP contribution is 2.23. The van der Waals surface area contributed by atoms with E-state index >= 15 is 0 Å². The number of nitrogen functional groups attached to an aromatic ring is 1. The van der Waals surface area contributed by atoms with Crippen molar-refractivity contribution in [2.75, 3.05) is 17.2 Å². The Hall–Kier alpha value is -3.49. The Morgan fingerprint density at radius 2 is 1.83 bits per heavy atom. The number of hydrogen-bond acceptors (Lipinski definition) is 5. The van der Waals surface area contributed by atoms with E-state index in [1.54, 1.807) is 6.92 Å². The molecule has 2 N–H and O–H groups in total. The average Bonchev–Trinajstić information content (AvgIpc) is 2.59. The smallest absolute Gasteiger partial charge is 0.150 e. The van der Waals surface area contributed by atoms with Crippen LogP contribution in [0.3, 0.4) is 0 Å². The number of nitriles is 2. The number of pyridine rings is 1. The van der Waals surface area contributed by atoms with Gasteiger partial charge in [0, 0.05) is 6.54 Å². The molecule has 0 aliphatic heterocycles. The molecular weight excluding hydrogens is 286 g/mol. The van der Waals surface area contributed by atoms with Crippen LogP contribution in [-0.4, -0.2) is 11.5 Å². The first-order chi connectivity index (χ1) is 11.2. The van der Waals surface area contributed by atoms with Gasteiger partial charge in [-0.05, 0) is 18.6 Å². The topological polar surface area (TPSA) is 89.7 Å². The second kappa shape index (κ2) is 7.50. The minimum atomic E-state index is 0.115. The lowest BCUT2D eigenvalue weighted by Crippen LogP contribution is -2.25. The molecule has 23 heavy (non-hydrogen) atoms. The molecule has 0 bridgehead atoms. The molecule has 0 aliphatic carbocycles.